The zero-order chi connectivity index (χ0) is 11.0. The number of hydrogen-bond donors (Lipinski definition) is 3. The van der Waals surface area contributed by atoms with Crippen LogP contribution < -0.4 is 11.1 Å². The van der Waals surface area contributed by atoms with Crippen molar-refractivity contribution in [1.29, 1.82) is 0 Å². The number of halogens is 1. The van der Waals surface area contributed by atoms with Crippen LogP contribution in [-0.4, -0.2) is 41.6 Å². The number of carbonyl (C=O) groups excluding carboxylic acids is 1. The maximum absolute atomic E-state index is 11.2. The highest BCUT2D eigenvalue weighted by Crippen LogP contribution is 1.98. The Hall–Kier alpha value is -0.460. The minimum atomic E-state index is -0.928. The number of hydrogen-bond acceptors (Lipinski definition) is 4. The van der Waals surface area contributed by atoms with Crippen LogP contribution in [0.5, 0.6) is 0 Å². The van der Waals surface area contributed by atoms with Gasteiger partial charge in [-0.2, -0.15) is 11.8 Å². The molecule has 0 heterocycles. The second kappa shape index (κ2) is 10.1. The molecule has 0 rings (SSSR count). The molecule has 90 valence electrons. The first kappa shape index (κ1) is 17.0. The summed E-state index contributed by atoms with van der Waals surface area (Å²) in [6.45, 7) is 0.140. The summed E-state index contributed by atoms with van der Waals surface area (Å²) in [4.78, 5) is 21.3. The van der Waals surface area contributed by atoms with Crippen molar-refractivity contribution in [2.24, 2.45) is 5.73 Å². The van der Waals surface area contributed by atoms with Gasteiger partial charge in [-0.25, -0.2) is 0 Å². The van der Waals surface area contributed by atoms with Crippen LogP contribution in [-0.2, 0) is 9.59 Å². The summed E-state index contributed by atoms with van der Waals surface area (Å²) < 4.78 is 0. The molecular weight excluding hydrogens is 240 g/mol. The zero-order valence-electron chi connectivity index (χ0n) is 8.56. The Morgan fingerprint density at radius 3 is 2.60 bits per heavy atom. The van der Waals surface area contributed by atoms with E-state index in [0.29, 0.717) is 6.42 Å². The van der Waals surface area contributed by atoms with Crippen LogP contribution in [0.3, 0.4) is 0 Å². The van der Waals surface area contributed by atoms with Crippen molar-refractivity contribution in [3.8, 4) is 0 Å². The molecular formula is C8H17ClN2O3S. The van der Waals surface area contributed by atoms with Gasteiger partial charge in [-0.05, 0) is 18.4 Å². The molecule has 0 unspecified atom stereocenters. The van der Waals surface area contributed by atoms with Gasteiger partial charge in [-0.3, -0.25) is 9.59 Å². The summed E-state index contributed by atoms with van der Waals surface area (Å²) in [5, 5.41) is 10.8. The Bertz CT molecular complexity index is 204. The van der Waals surface area contributed by atoms with Gasteiger partial charge in [0.1, 0.15) is 0 Å². The number of rotatable bonds is 7. The third-order valence-electron chi connectivity index (χ3n) is 1.61. The van der Waals surface area contributed by atoms with Crippen LogP contribution in [0.15, 0.2) is 0 Å². The van der Waals surface area contributed by atoms with Gasteiger partial charge in [0.15, 0.2) is 0 Å². The molecule has 0 aromatic heterocycles. The lowest BCUT2D eigenvalue weighted by atomic mass is 10.2. The average molecular weight is 257 g/mol. The number of carboxylic acid groups (broad SMARTS) is 1. The summed E-state index contributed by atoms with van der Waals surface area (Å²) in [5.74, 6) is -0.378. The van der Waals surface area contributed by atoms with Crippen LogP contribution >= 0.6 is 24.2 Å². The largest absolute Gasteiger partial charge is 0.481 e. The van der Waals surface area contributed by atoms with E-state index in [1.54, 1.807) is 11.8 Å². The Kier molecular flexibility index (Phi) is 11.4. The Labute approximate surface area is 99.6 Å². The van der Waals surface area contributed by atoms with Gasteiger partial charge < -0.3 is 16.2 Å². The van der Waals surface area contributed by atoms with E-state index in [2.05, 4.69) is 5.32 Å². The Balaban J connectivity index is 0. The van der Waals surface area contributed by atoms with Crippen molar-refractivity contribution in [1.82, 2.24) is 5.32 Å². The second-order valence-electron chi connectivity index (χ2n) is 2.82. The molecule has 0 aromatic carbocycles. The highest BCUT2D eigenvalue weighted by atomic mass is 35.5. The molecule has 0 aliphatic rings. The van der Waals surface area contributed by atoms with E-state index in [0.717, 1.165) is 5.75 Å². The molecule has 0 saturated carbocycles. The molecule has 1 amide bonds. The van der Waals surface area contributed by atoms with E-state index in [-0.39, 0.29) is 31.3 Å². The minimum absolute atomic E-state index is 0. The standard InChI is InChI=1S/C8H16N2O3S.ClH/c1-14-5-3-6(9)8(13)10-4-2-7(11)12;/h6H,2-5,9H2,1H3,(H,10,13)(H,11,12);1H/t6-;/m0./s1. The number of amides is 1. The summed E-state index contributed by atoms with van der Waals surface area (Å²) in [5.41, 5.74) is 5.55. The molecule has 0 saturated heterocycles. The molecule has 7 heteroatoms. The number of carbonyl (C=O) groups is 2. The molecule has 0 aromatic rings. The normalized spacial score (nSPS) is 11.3. The lowest BCUT2D eigenvalue weighted by molar-refractivity contribution is -0.136. The van der Waals surface area contributed by atoms with E-state index in [1.807, 2.05) is 6.26 Å². The van der Waals surface area contributed by atoms with Crippen molar-refractivity contribution in [2.45, 2.75) is 18.9 Å². The maximum Gasteiger partial charge on any atom is 0.305 e. The van der Waals surface area contributed by atoms with Gasteiger partial charge >= 0.3 is 5.97 Å². The number of thioether (sulfide) groups is 1. The first-order valence-electron chi connectivity index (χ1n) is 4.32. The smallest absolute Gasteiger partial charge is 0.305 e. The Morgan fingerprint density at radius 2 is 2.13 bits per heavy atom. The van der Waals surface area contributed by atoms with Crippen molar-refractivity contribution < 1.29 is 14.7 Å². The van der Waals surface area contributed by atoms with Gasteiger partial charge in [0.05, 0.1) is 12.5 Å². The molecule has 0 radical (unpaired) electrons. The zero-order valence-corrected chi connectivity index (χ0v) is 10.2. The quantitative estimate of drug-likeness (QED) is 0.600. The molecule has 15 heavy (non-hydrogen) atoms. The summed E-state index contributed by atoms with van der Waals surface area (Å²) in [7, 11) is 0. The van der Waals surface area contributed by atoms with Crippen LogP contribution in [0.4, 0.5) is 0 Å². The van der Waals surface area contributed by atoms with Crippen molar-refractivity contribution >= 4 is 36.0 Å². The minimum Gasteiger partial charge on any atom is -0.481 e. The molecule has 0 bridgehead atoms. The van der Waals surface area contributed by atoms with Crippen LogP contribution in [0.2, 0.25) is 0 Å². The fourth-order valence-electron chi connectivity index (χ4n) is 0.800. The van der Waals surface area contributed by atoms with Crippen molar-refractivity contribution in [3.63, 3.8) is 0 Å². The van der Waals surface area contributed by atoms with E-state index in [4.69, 9.17) is 10.8 Å². The van der Waals surface area contributed by atoms with Crippen molar-refractivity contribution in [2.75, 3.05) is 18.6 Å². The summed E-state index contributed by atoms with van der Waals surface area (Å²) in [6.07, 6.45) is 2.48. The fourth-order valence-corrected chi connectivity index (χ4v) is 1.29. The number of carboxylic acids is 1. The lowest BCUT2D eigenvalue weighted by Gasteiger charge is -2.10. The van der Waals surface area contributed by atoms with E-state index >= 15 is 0 Å². The Morgan fingerprint density at radius 1 is 1.53 bits per heavy atom. The highest BCUT2D eigenvalue weighted by Gasteiger charge is 2.12. The predicted molar refractivity (Wildman–Crippen MR) is 63.5 cm³/mol. The van der Waals surface area contributed by atoms with E-state index in [1.165, 1.54) is 0 Å². The van der Waals surface area contributed by atoms with Gasteiger partial charge in [0.25, 0.3) is 0 Å². The predicted octanol–water partition coefficient (Wildman–Crippen LogP) is 0.0795. The van der Waals surface area contributed by atoms with Crippen LogP contribution in [0.1, 0.15) is 12.8 Å². The SMILES string of the molecule is CSCC[C@H](N)C(=O)NCCC(=O)O.Cl. The topological polar surface area (TPSA) is 92.4 Å². The first-order valence-corrected chi connectivity index (χ1v) is 5.71. The van der Waals surface area contributed by atoms with Gasteiger partial charge in [-0.15, -0.1) is 12.4 Å². The molecule has 0 aliphatic carbocycles. The van der Waals surface area contributed by atoms with E-state index in [9.17, 15) is 9.59 Å². The third kappa shape index (κ3) is 9.84. The van der Waals surface area contributed by atoms with Gasteiger partial charge in [-0.1, -0.05) is 0 Å². The van der Waals surface area contributed by atoms with Gasteiger partial charge in [0, 0.05) is 6.54 Å². The monoisotopic (exact) mass is 256 g/mol. The third-order valence-corrected chi connectivity index (χ3v) is 2.25. The summed E-state index contributed by atoms with van der Waals surface area (Å²) >= 11 is 1.62. The molecule has 1 atom stereocenters. The molecule has 4 N–H and O–H groups in total. The fraction of sp³-hybridized carbons (Fsp3) is 0.750. The van der Waals surface area contributed by atoms with Crippen LogP contribution in [0, 0.1) is 0 Å². The molecule has 5 nitrogen and oxygen atoms in total. The summed E-state index contributed by atoms with van der Waals surface area (Å²) in [6, 6.07) is -0.531. The molecule has 0 spiro atoms. The number of aliphatic carboxylic acids is 1. The van der Waals surface area contributed by atoms with E-state index < -0.39 is 12.0 Å². The van der Waals surface area contributed by atoms with Gasteiger partial charge in [0.2, 0.25) is 5.91 Å². The molecule has 0 fully saturated rings. The van der Waals surface area contributed by atoms with Crippen molar-refractivity contribution in [3.05, 3.63) is 0 Å². The molecule has 0 aliphatic heterocycles. The highest BCUT2D eigenvalue weighted by molar-refractivity contribution is 7.98. The number of nitrogens with one attached hydrogen (secondary N) is 1. The average Bonchev–Trinajstić information content (AvgIpc) is 2.13. The number of nitrogens with two attached hydrogens (primary N) is 1. The lowest BCUT2D eigenvalue weighted by Crippen LogP contribution is -2.41. The van der Waals surface area contributed by atoms with Crippen LogP contribution in [0.25, 0.3) is 0 Å². The first-order chi connectivity index (χ1) is 6.57. The maximum atomic E-state index is 11.2. The second-order valence-corrected chi connectivity index (χ2v) is 3.81.